The van der Waals surface area contributed by atoms with E-state index in [1.165, 1.54) is 17.0 Å². The van der Waals surface area contributed by atoms with Gasteiger partial charge < -0.3 is 10.2 Å². The van der Waals surface area contributed by atoms with Crippen molar-refractivity contribution in [2.45, 2.75) is 30.8 Å². The van der Waals surface area contributed by atoms with Crippen LogP contribution < -0.4 is 9.62 Å². The van der Waals surface area contributed by atoms with Gasteiger partial charge in [0.2, 0.25) is 11.8 Å². The molecule has 4 aromatic rings. The number of anilines is 1. The van der Waals surface area contributed by atoms with Crippen molar-refractivity contribution in [3.8, 4) is 0 Å². The Morgan fingerprint density at radius 3 is 2.14 bits per heavy atom. The van der Waals surface area contributed by atoms with Gasteiger partial charge in [0.25, 0.3) is 10.0 Å². The summed E-state index contributed by atoms with van der Waals surface area (Å²) in [6.45, 7) is 1.70. The summed E-state index contributed by atoms with van der Waals surface area (Å²) < 4.78 is 29.6. The highest BCUT2D eigenvalue weighted by Gasteiger charge is 2.34. The molecule has 0 fully saturated rings. The minimum atomic E-state index is -4.15. The van der Waals surface area contributed by atoms with Crippen LogP contribution in [0.5, 0.6) is 0 Å². The number of carbonyl (C=O) groups excluding carboxylic acids is 2. The molecule has 7 nitrogen and oxygen atoms in total. The summed E-state index contributed by atoms with van der Waals surface area (Å²) >= 11 is 9.68. The molecule has 10 heteroatoms. The fourth-order valence-corrected chi connectivity index (χ4v) is 6.58. The highest BCUT2D eigenvalue weighted by molar-refractivity contribution is 9.10. The van der Waals surface area contributed by atoms with Crippen LogP contribution in [-0.4, -0.2) is 44.3 Å². The lowest BCUT2D eigenvalue weighted by Gasteiger charge is -2.34. The minimum absolute atomic E-state index is 0.0451. The van der Waals surface area contributed by atoms with Crippen molar-refractivity contribution >= 4 is 55.1 Å². The first-order valence-corrected chi connectivity index (χ1v) is 16.0. The topological polar surface area (TPSA) is 86.8 Å². The molecule has 0 aliphatic carbocycles. The number of hydrogen-bond donors (Lipinski definition) is 1. The second-order valence-corrected chi connectivity index (χ2v) is 12.8. The third kappa shape index (κ3) is 8.00. The summed E-state index contributed by atoms with van der Waals surface area (Å²) in [6.07, 6.45) is 0.237. The third-order valence-electron chi connectivity index (χ3n) is 6.57. The van der Waals surface area contributed by atoms with Crippen LogP contribution >= 0.6 is 27.5 Å². The van der Waals surface area contributed by atoms with E-state index in [1.54, 1.807) is 60.7 Å². The molecule has 0 spiro atoms. The smallest absolute Gasteiger partial charge is 0.264 e. The number of hydrogen-bond acceptors (Lipinski definition) is 4. The van der Waals surface area contributed by atoms with Gasteiger partial charge in [-0.1, -0.05) is 94.3 Å². The van der Waals surface area contributed by atoms with E-state index in [0.717, 1.165) is 9.87 Å². The first kappa shape index (κ1) is 31.3. The standard InChI is InChI=1S/C32H31BrClN3O4S/c1-2-35-32(39)30(20-24-11-5-3-6-12-24)36(22-25-13-9-15-27(34)19-25)31(38)23-37(28-16-10-14-26(33)21-28)42(40,41)29-17-7-4-8-18-29/h3-19,21,30H,2,20,22-23H2,1H3,(H,35,39). The molecule has 0 heterocycles. The van der Waals surface area contributed by atoms with Crippen LogP contribution in [0, 0.1) is 0 Å². The summed E-state index contributed by atoms with van der Waals surface area (Å²) in [4.78, 5) is 29.3. The van der Waals surface area contributed by atoms with E-state index in [2.05, 4.69) is 21.2 Å². The first-order valence-electron chi connectivity index (χ1n) is 13.4. The van der Waals surface area contributed by atoms with E-state index in [9.17, 15) is 18.0 Å². The van der Waals surface area contributed by atoms with Gasteiger partial charge >= 0.3 is 0 Å². The Labute approximate surface area is 260 Å². The van der Waals surface area contributed by atoms with Gasteiger partial charge in [-0.05, 0) is 60.5 Å². The maximum Gasteiger partial charge on any atom is 0.264 e. The molecule has 218 valence electrons. The van der Waals surface area contributed by atoms with Gasteiger partial charge in [0.1, 0.15) is 12.6 Å². The second kappa shape index (κ2) is 14.5. The monoisotopic (exact) mass is 667 g/mol. The summed E-state index contributed by atoms with van der Waals surface area (Å²) in [5.74, 6) is -0.877. The lowest BCUT2D eigenvalue weighted by Crippen LogP contribution is -2.53. The lowest BCUT2D eigenvalue weighted by molar-refractivity contribution is -0.140. The molecule has 1 N–H and O–H groups in total. The maximum atomic E-state index is 14.3. The number of benzene rings is 4. The molecule has 4 aromatic carbocycles. The zero-order chi connectivity index (χ0) is 30.1. The Hall–Kier alpha value is -3.66. The number of nitrogens with zero attached hydrogens (tertiary/aromatic N) is 2. The SMILES string of the molecule is CCNC(=O)C(Cc1ccccc1)N(Cc1cccc(Cl)c1)C(=O)CN(c1cccc(Br)c1)S(=O)(=O)c1ccccc1. The molecular formula is C32H31BrClN3O4S. The molecule has 0 aliphatic rings. The third-order valence-corrected chi connectivity index (χ3v) is 9.09. The number of nitrogens with one attached hydrogen (secondary N) is 1. The van der Waals surface area contributed by atoms with Gasteiger partial charge in [-0.15, -0.1) is 0 Å². The fourth-order valence-electron chi connectivity index (χ4n) is 4.56. The van der Waals surface area contributed by atoms with Crippen molar-refractivity contribution in [3.63, 3.8) is 0 Å². The van der Waals surface area contributed by atoms with E-state index in [1.807, 2.05) is 43.3 Å². The quantitative estimate of drug-likeness (QED) is 0.199. The molecule has 4 rings (SSSR count). The average molecular weight is 669 g/mol. The molecule has 2 amide bonds. The molecule has 42 heavy (non-hydrogen) atoms. The Bertz CT molecular complexity index is 1620. The van der Waals surface area contributed by atoms with Crippen LogP contribution in [0.3, 0.4) is 0 Å². The van der Waals surface area contributed by atoms with E-state index in [0.29, 0.717) is 27.3 Å². The number of rotatable bonds is 12. The van der Waals surface area contributed by atoms with Crippen LogP contribution in [0.25, 0.3) is 0 Å². The number of sulfonamides is 1. The zero-order valence-electron chi connectivity index (χ0n) is 23.0. The normalized spacial score (nSPS) is 11.9. The van der Waals surface area contributed by atoms with Crippen molar-refractivity contribution in [3.05, 3.63) is 130 Å². The number of likely N-dealkylation sites (N-methyl/N-ethyl adjacent to an activating group) is 1. The van der Waals surface area contributed by atoms with Gasteiger partial charge in [0, 0.05) is 29.0 Å². The summed E-state index contributed by atoms with van der Waals surface area (Å²) in [7, 11) is -4.15. The highest BCUT2D eigenvalue weighted by Crippen LogP contribution is 2.27. The van der Waals surface area contributed by atoms with E-state index in [-0.39, 0.29) is 23.8 Å². The number of halogens is 2. The predicted octanol–water partition coefficient (Wildman–Crippen LogP) is 6.07. The van der Waals surface area contributed by atoms with Crippen LogP contribution in [0.4, 0.5) is 5.69 Å². The van der Waals surface area contributed by atoms with E-state index in [4.69, 9.17) is 11.6 Å². The Kier molecular flexibility index (Phi) is 10.8. The molecule has 1 atom stereocenters. The van der Waals surface area contributed by atoms with Gasteiger partial charge in [0.15, 0.2) is 0 Å². The van der Waals surface area contributed by atoms with Gasteiger partial charge in [-0.3, -0.25) is 13.9 Å². The van der Waals surface area contributed by atoms with Crippen LogP contribution in [0.2, 0.25) is 5.02 Å². The first-order chi connectivity index (χ1) is 20.2. The summed E-state index contributed by atoms with van der Waals surface area (Å²) in [6, 6.07) is 30.2. The molecular weight excluding hydrogens is 638 g/mol. The Morgan fingerprint density at radius 1 is 0.857 bits per heavy atom. The lowest BCUT2D eigenvalue weighted by atomic mass is 10.0. The van der Waals surface area contributed by atoms with Crippen LogP contribution in [-0.2, 0) is 32.6 Å². The van der Waals surface area contributed by atoms with Crippen molar-refractivity contribution in [1.82, 2.24) is 10.2 Å². The van der Waals surface area contributed by atoms with E-state index >= 15 is 0 Å². The average Bonchev–Trinajstić information content (AvgIpc) is 2.98. The predicted molar refractivity (Wildman–Crippen MR) is 170 cm³/mol. The number of amides is 2. The molecule has 0 bridgehead atoms. The summed E-state index contributed by atoms with van der Waals surface area (Å²) in [5, 5.41) is 3.34. The van der Waals surface area contributed by atoms with Crippen LogP contribution in [0.15, 0.2) is 119 Å². The maximum absolute atomic E-state index is 14.3. The van der Waals surface area contributed by atoms with Crippen LogP contribution in [0.1, 0.15) is 18.1 Å². The fraction of sp³-hybridized carbons (Fsp3) is 0.188. The minimum Gasteiger partial charge on any atom is -0.355 e. The van der Waals surface area contributed by atoms with E-state index < -0.39 is 28.5 Å². The highest BCUT2D eigenvalue weighted by atomic mass is 79.9. The second-order valence-electron chi connectivity index (χ2n) is 9.56. The number of carbonyl (C=O) groups is 2. The van der Waals surface area contributed by atoms with Gasteiger partial charge in [0.05, 0.1) is 10.6 Å². The molecule has 0 aliphatic heterocycles. The van der Waals surface area contributed by atoms with Crippen molar-refractivity contribution in [2.24, 2.45) is 0 Å². The molecule has 0 radical (unpaired) electrons. The molecule has 0 aromatic heterocycles. The summed E-state index contributed by atoms with van der Waals surface area (Å²) in [5.41, 5.74) is 1.87. The van der Waals surface area contributed by atoms with Crippen molar-refractivity contribution < 1.29 is 18.0 Å². The van der Waals surface area contributed by atoms with Crippen molar-refractivity contribution in [1.29, 1.82) is 0 Å². The largest absolute Gasteiger partial charge is 0.355 e. The molecule has 0 saturated heterocycles. The zero-order valence-corrected chi connectivity index (χ0v) is 26.1. The van der Waals surface area contributed by atoms with Gasteiger partial charge in [-0.2, -0.15) is 0 Å². The van der Waals surface area contributed by atoms with Gasteiger partial charge in [-0.25, -0.2) is 8.42 Å². The Morgan fingerprint density at radius 2 is 1.50 bits per heavy atom. The molecule has 1 unspecified atom stereocenters. The van der Waals surface area contributed by atoms with Crippen molar-refractivity contribution in [2.75, 3.05) is 17.4 Å². The Balaban J connectivity index is 1.79. The molecule has 0 saturated carbocycles.